The van der Waals surface area contributed by atoms with E-state index in [1.54, 1.807) is 6.07 Å². The Kier molecular flexibility index (Phi) is 4.75. The lowest BCUT2D eigenvalue weighted by atomic mass is 10.1. The van der Waals surface area contributed by atoms with E-state index in [2.05, 4.69) is 5.32 Å². The highest BCUT2D eigenvalue weighted by Gasteiger charge is 2.16. The average Bonchev–Trinajstić information content (AvgIpc) is 2.34. The molecule has 1 amide bonds. The second kappa shape index (κ2) is 6.42. The van der Waals surface area contributed by atoms with Crippen LogP contribution in [0, 0.1) is 0 Å². The third-order valence-corrected chi connectivity index (χ3v) is 3.18. The monoisotopic (exact) mass is 318 g/mol. The van der Waals surface area contributed by atoms with Crippen molar-refractivity contribution < 1.29 is 14.3 Å². The summed E-state index contributed by atoms with van der Waals surface area (Å²) in [6.45, 7) is 6.41. The molecule has 0 unspecified atom stereocenters. The number of carbonyl (C=O) groups excluding carboxylic acids is 1. The summed E-state index contributed by atoms with van der Waals surface area (Å²) in [4.78, 5) is 25.5. The van der Waals surface area contributed by atoms with Crippen LogP contribution in [0.1, 0.15) is 26.3 Å². The van der Waals surface area contributed by atoms with Crippen LogP contribution in [0.3, 0.4) is 0 Å². The maximum Gasteiger partial charge on any atom is 0.336 e. The normalized spacial score (nSPS) is 11.9. The molecule has 1 aromatic carbocycles. The van der Waals surface area contributed by atoms with Crippen LogP contribution in [-0.2, 0) is 11.3 Å². The van der Waals surface area contributed by atoms with E-state index in [-0.39, 0.29) is 23.7 Å². The molecule has 0 spiro atoms. The number of benzene rings is 1. The van der Waals surface area contributed by atoms with Crippen LogP contribution >= 0.6 is 0 Å². The topological polar surface area (TPSA) is 82.8 Å². The van der Waals surface area contributed by atoms with Gasteiger partial charge in [0.15, 0.2) is 0 Å². The highest BCUT2D eigenvalue weighted by atomic mass is 16.4. The number of nitrogens with zero attached hydrogens (tertiary/aromatic N) is 1. The Balaban J connectivity index is 2.18. The van der Waals surface area contributed by atoms with Crippen LogP contribution in [0.15, 0.2) is 33.5 Å². The molecule has 2 rings (SSSR count). The Morgan fingerprint density at radius 1 is 1.30 bits per heavy atom. The summed E-state index contributed by atoms with van der Waals surface area (Å²) >= 11 is 0. The number of rotatable bonds is 4. The minimum Gasteiger partial charge on any atom is -0.508 e. The third kappa shape index (κ3) is 4.82. The molecule has 1 heterocycles. The van der Waals surface area contributed by atoms with Crippen molar-refractivity contribution >= 4 is 16.9 Å². The molecule has 124 valence electrons. The first-order chi connectivity index (χ1) is 10.6. The van der Waals surface area contributed by atoms with Gasteiger partial charge in [-0.05, 0) is 45.5 Å². The Bertz CT molecular complexity index is 774. The van der Waals surface area contributed by atoms with Gasteiger partial charge < -0.3 is 14.8 Å². The Labute approximate surface area is 134 Å². The average molecular weight is 318 g/mol. The van der Waals surface area contributed by atoms with Gasteiger partial charge in [-0.3, -0.25) is 9.69 Å². The van der Waals surface area contributed by atoms with Crippen molar-refractivity contribution in [3.8, 4) is 5.75 Å². The van der Waals surface area contributed by atoms with Crippen LogP contribution in [-0.4, -0.2) is 35.0 Å². The van der Waals surface area contributed by atoms with Crippen molar-refractivity contribution in [3.05, 3.63) is 40.2 Å². The summed E-state index contributed by atoms with van der Waals surface area (Å²) in [5.74, 6) is -0.0411. The fraction of sp³-hybridized carbons (Fsp3) is 0.412. The summed E-state index contributed by atoms with van der Waals surface area (Å²) < 4.78 is 5.10. The first-order valence-corrected chi connectivity index (χ1v) is 7.39. The summed E-state index contributed by atoms with van der Waals surface area (Å²) in [5.41, 5.74) is 0.323. The zero-order chi connectivity index (χ0) is 17.2. The van der Waals surface area contributed by atoms with E-state index < -0.39 is 5.63 Å². The largest absolute Gasteiger partial charge is 0.508 e. The number of amides is 1. The van der Waals surface area contributed by atoms with Gasteiger partial charge in [-0.2, -0.15) is 0 Å². The standard InChI is InChI=1S/C17H22N2O4/c1-17(2,3)18-15(21)10-19(4)9-11-7-16(22)23-14-8-12(20)5-6-13(11)14/h5-8,20H,9-10H2,1-4H3,(H,18,21). The number of carbonyl (C=O) groups is 1. The summed E-state index contributed by atoms with van der Waals surface area (Å²) in [6, 6.07) is 6.06. The van der Waals surface area contributed by atoms with Gasteiger partial charge in [-0.25, -0.2) is 4.79 Å². The van der Waals surface area contributed by atoms with E-state index in [9.17, 15) is 14.7 Å². The van der Waals surface area contributed by atoms with E-state index >= 15 is 0 Å². The molecule has 0 saturated heterocycles. The molecule has 0 fully saturated rings. The van der Waals surface area contributed by atoms with Crippen LogP contribution < -0.4 is 10.9 Å². The third-order valence-electron chi connectivity index (χ3n) is 3.18. The molecule has 0 atom stereocenters. The van der Waals surface area contributed by atoms with Crippen molar-refractivity contribution in [2.24, 2.45) is 0 Å². The number of phenols is 1. The number of likely N-dealkylation sites (N-methyl/N-ethyl adjacent to an activating group) is 1. The fourth-order valence-corrected chi connectivity index (χ4v) is 2.40. The second-order valence-corrected chi connectivity index (χ2v) is 6.74. The maximum absolute atomic E-state index is 12.0. The Hall–Kier alpha value is -2.34. The smallest absolute Gasteiger partial charge is 0.336 e. The van der Waals surface area contributed by atoms with E-state index in [0.29, 0.717) is 12.1 Å². The molecule has 0 aliphatic rings. The van der Waals surface area contributed by atoms with Gasteiger partial charge in [-0.15, -0.1) is 0 Å². The summed E-state index contributed by atoms with van der Waals surface area (Å²) in [6.07, 6.45) is 0. The predicted molar refractivity (Wildman–Crippen MR) is 88.4 cm³/mol. The van der Waals surface area contributed by atoms with Gasteiger partial charge in [0.1, 0.15) is 11.3 Å². The first kappa shape index (κ1) is 17.0. The first-order valence-electron chi connectivity index (χ1n) is 7.39. The molecule has 2 N–H and O–H groups in total. The van der Waals surface area contributed by atoms with Crippen LogP contribution in [0.5, 0.6) is 5.75 Å². The number of hydrogen-bond donors (Lipinski definition) is 2. The predicted octanol–water partition coefficient (Wildman–Crippen LogP) is 1.85. The quantitative estimate of drug-likeness (QED) is 0.841. The molecule has 6 nitrogen and oxygen atoms in total. The van der Waals surface area contributed by atoms with Crippen molar-refractivity contribution in [1.82, 2.24) is 10.2 Å². The van der Waals surface area contributed by atoms with E-state index in [0.717, 1.165) is 10.9 Å². The summed E-state index contributed by atoms with van der Waals surface area (Å²) in [5, 5.41) is 13.1. The minimum atomic E-state index is -0.481. The molecule has 23 heavy (non-hydrogen) atoms. The molecule has 0 aliphatic carbocycles. The molecule has 6 heteroatoms. The van der Waals surface area contributed by atoms with Gasteiger partial charge in [0, 0.05) is 29.6 Å². The van der Waals surface area contributed by atoms with Crippen molar-refractivity contribution in [3.63, 3.8) is 0 Å². The minimum absolute atomic E-state index is 0.0377. The van der Waals surface area contributed by atoms with Crippen LogP contribution in [0.2, 0.25) is 0 Å². The lowest BCUT2D eigenvalue weighted by molar-refractivity contribution is -0.123. The van der Waals surface area contributed by atoms with Crippen molar-refractivity contribution in [1.29, 1.82) is 0 Å². The van der Waals surface area contributed by atoms with E-state index in [4.69, 9.17) is 4.42 Å². The lowest BCUT2D eigenvalue weighted by Crippen LogP contribution is -2.45. The van der Waals surface area contributed by atoms with E-state index in [1.165, 1.54) is 18.2 Å². The zero-order valence-corrected chi connectivity index (χ0v) is 13.8. The van der Waals surface area contributed by atoms with E-state index in [1.807, 2.05) is 32.7 Å². The maximum atomic E-state index is 12.0. The van der Waals surface area contributed by atoms with Gasteiger partial charge >= 0.3 is 5.63 Å². The van der Waals surface area contributed by atoms with Gasteiger partial charge in [-0.1, -0.05) is 0 Å². The van der Waals surface area contributed by atoms with Crippen LogP contribution in [0.4, 0.5) is 0 Å². The van der Waals surface area contributed by atoms with Gasteiger partial charge in [0.25, 0.3) is 0 Å². The van der Waals surface area contributed by atoms with Gasteiger partial charge in [0.2, 0.25) is 5.91 Å². The molecule has 0 aliphatic heterocycles. The lowest BCUT2D eigenvalue weighted by Gasteiger charge is -2.23. The van der Waals surface area contributed by atoms with Gasteiger partial charge in [0.05, 0.1) is 6.54 Å². The highest BCUT2D eigenvalue weighted by Crippen LogP contribution is 2.22. The number of nitrogens with one attached hydrogen (secondary N) is 1. The molecular formula is C17H22N2O4. The zero-order valence-electron chi connectivity index (χ0n) is 13.8. The number of fused-ring (bicyclic) bond motifs is 1. The molecule has 0 radical (unpaired) electrons. The highest BCUT2D eigenvalue weighted by molar-refractivity contribution is 5.82. The second-order valence-electron chi connectivity index (χ2n) is 6.74. The number of aromatic hydroxyl groups is 1. The molecule has 1 aromatic heterocycles. The SMILES string of the molecule is CN(CC(=O)NC(C)(C)C)Cc1cc(=O)oc2cc(O)ccc12. The molecule has 2 aromatic rings. The van der Waals surface area contributed by atoms with Crippen molar-refractivity contribution in [2.75, 3.05) is 13.6 Å². The Morgan fingerprint density at radius 3 is 2.65 bits per heavy atom. The Morgan fingerprint density at radius 2 is 2.00 bits per heavy atom. The fourth-order valence-electron chi connectivity index (χ4n) is 2.40. The van der Waals surface area contributed by atoms with Crippen molar-refractivity contribution in [2.45, 2.75) is 32.9 Å². The number of hydrogen-bond acceptors (Lipinski definition) is 5. The molecule has 0 bridgehead atoms. The molecule has 0 saturated carbocycles. The number of phenolic OH excluding ortho intramolecular Hbond substituents is 1. The summed E-state index contributed by atoms with van der Waals surface area (Å²) in [7, 11) is 1.81. The molecular weight excluding hydrogens is 296 g/mol. The van der Waals surface area contributed by atoms with Crippen LogP contribution in [0.25, 0.3) is 11.0 Å².